The number of ether oxygens (including phenoxy) is 2. The second kappa shape index (κ2) is 22.5. The first-order valence-electron chi connectivity index (χ1n) is 20.5. The molecule has 0 aliphatic carbocycles. The van der Waals surface area contributed by atoms with E-state index < -0.39 is 42.2 Å². The Kier molecular flexibility index (Phi) is 18.9. The van der Waals surface area contributed by atoms with E-state index in [1.807, 2.05) is 70.0 Å². The molecule has 0 bridgehead atoms. The van der Waals surface area contributed by atoms with Crippen molar-refractivity contribution in [3.8, 4) is 0 Å². The first kappa shape index (κ1) is 46.9. The molecule has 2 aliphatic rings. The summed E-state index contributed by atoms with van der Waals surface area (Å²) in [7, 11) is 6.70. The maximum atomic E-state index is 14.3. The van der Waals surface area contributed by atoms with Crippen LogP contribution in [0.2, 0.25) is 0 Å². The van der Waals surface area contributed by atoms with Crippen molar-refractivity contribution >= 4 is 29.5 Å². The van der Waals surface area contributed by atoms with Gasteiger partial charge in [0.05, 0.1) is 55.8 Å². The zero-order valence-electron chi connectivity index (χ0n) is 35.7. The lowest BCUT2D eigenvalue weighted by Gasteiger charge is -2.43. The Morgan fingerprint density at radius 3 is 2.12 bits per heavy atom. The number of hydrogen-bond acceptors (Lipinski definition) is 10. The van der Waals surface area contributed by atoms with Gasteiger partial charge in [0.1, 0.15) is 6.04 Å². The van der Waals surface area contributed by atoms with Crippen LogP contribution < -0.4 is 16.0 Å². The van der Waals surface area contributed by atoms with Crippen LogP contribution in [0, 0.1) is 23.7 Å². The molecule has 56 heavy (non-hydrogen) atoms. The Morgan fingerprint density at radius 1 is 0.911 bits per heavy atom. The number of likely N-dealkylation sites (tertiary alicyclic amines) is 1. The Bertz CT molecular complexity index is 1420. The minimum absolute atomic E-state index is 0.0140. The predicted octanol–water partition coefficient (Wildman–Crippen LogP) is 3.18. The number of rotatable bonds is 21. The van der Waals surface area contributed by atoms with E-state index in [1.165, 1.54) is 5.06 Å². The second-order valence-corrected chi connectivity index (χ2v) is 16.2. The molecule has 0 spiro atoms. The van der Waals surface area contributed by atoms with Gasteiger partial charge in [-0.3, -0.25) is 39.0 Å². The van der Waals surface area contributed by atoms with Crippen LogP contribution in [0.3, 0.4) is 0 Å². The van der Waals surface area contributed by atoms with Crippen molar-refractivity contribution in [2.75, 3.05) is 48.0 Å². The van der Waals surface area contributed by atoms with Crippen molar-refractivity contribution in [2.45, 2.75) is 129 Å². The molecule has 2 aliphatic heterocycles. The number of amides is 5. The summed E-state index contributed by atoms with van der Waals surface area (Å²) in [5, 5.41) is 9.97. The number of hydroxylamine groups is 2. The van der Waals surface area contributed by atoms with Crippen LogP contribution in [0.1, 0.15) is 86.1 Å². The summed E-state index contributed by atoms with van der Waals surface area (Å²) >= 11 is 0. The minimum atomic E-state index is -0.837. The molecule has 2 heterocycles. The van der Waals surface area contributed by atoms with Gasteiger partial charge in [-0.1, -0.05) is 85.2 Å². The first-order valence-corrected chi connectivity index (χ1v) is 20.5. The molecule has 0 saturated carbocycles. The first-order chi connectivity index (χ1) is 26.6. The van der Waals surface area contributed by atoms with Crippen LogP contribution >= 0.6 is 0 Å². The van der Waals surface area contributed by atoms with E-state index in [9.17, 15) is 24.0 Å². The predicted molar refractivity (Wildman–Crippen MR) is 215 cm³/mol. The second-order valence-electron chi connectivity index (χ2n) is 16.2. The highest BCUT2D eigenvalue weighted by atomic mass is 16.7. The molecule has 3 N–H and O–H groups in total. The lowest BCUT2D eigenvalue weighted by molar-refractivity contribution is -0.172. The fraction of sp³-hybridized carbons (Fsp3) is 0.738. The average Bonchev–Trinajstić information content (AvgIpc) is 3.88. The summed E-state index contributed by atoms with van der Waals surface area (Å²) in [5.41, 5.74) is 0.908. The average molecular weight is 787 g/mol. The van der Waals surface area contributed by atoms with Gasteiger partial charge < -0.3 is 25.0 Å². The molecule has 0 aromatic heterocycles. The standard InChI is InChI=1S/C42H70N6O8/c1-12-28(6)37(46(9)36(27(4)5)41(52)45-40(51)35(43-8)26(2)3)33(54-10)25-34(49)47-21-16-20-32(47)38(55-11)29(7)39(50)44-31(24-30-18-14-13-15-19-30)42(53)48-22-17-23-56-48/h13-15,18-19,26-29,31-33,35-38,43H,12,16-17,20-25H2,1-11H3,(H,44,50)(H,45,51,52)/t28-,29+,31-,32-,33+,35-,36-,37-,38+/m0/s1. The van der Waals surface area contributed by atoms with Gasteiger partial charge in [0, 0.05) is 33.2 Å². The lowest BCUT2D eigenvalue weighted by atomic mass is 9.87. The molecule has 1 aromatic rings. The van der Waals surface area contributed by atoms with Gasteiger partial charge in [0.2, 0.25) is 23.6 Å². The van der Waals surface area contributed by atoms with Gasteiger partial charge in [0.15, 0.2) is 0 Å². The summed E-state index contributed by atoms with van der Waals surface area (Å²) in [6.07, 6.45) is 2.03. The molecule has 14 heteroatoms. The Hall–Kier alpha value is -3.43. The molecular weight excluding hydrogens is 716 g/mol. The lowest BCUT2D eigenvalue weighted by Crippen LogP contribution is -2.60. The number of methoxy groups -OCH3 is 2. The van der Waals surface area contributed by atoms with Gasteiger partial charge >= 0.3 is 0 Å². The van der Waals surface area contributed by atoms with Crippen molar-refractivity contribution in [1.29, 1.82) is 0 Å². The van der Waals surface area contributed by atoms with E-state index in [4.69, 9.17) is 14.3 Å². The summed E-state index contributed by atoms with van der Waals surface area (Å²) in [4.78, 5) is 78.0. The van der Waals surface area contributed by atoms with Gasteiger partial charge in [-0.2, -0.15) is 0 Å². The van der Waals surface area contributed by atoms with Gasteiger partial charge in [0.25, 0.3) is 5.91 Å². The smallest absolute Gasteiger partial charge is 0.269 e. The number of imide groups is 1. The Labute approximate surface area is 335 Å². The number of carbonyl (C=O) groups is 5. The quantitative estimate of drug-likeness (QED) is 0.169. The SMILES string of the molecule is CC[C@H](C)[C@@H]([C@@H](CC(=O)N1CCC[C@H]1[C@H](OC)[C@@H](C)C(=O)N[C@@H](Cc1ccccc1)C(=O)N1CCCO1)OC)N(C)[C@H](C(=O)NC(=O)[C@@H](NC)C(C)C)C(C)C. The molecule has 2 saturated heterocycles. The highest BCUT2D eigenvalue weighted by Gasteiger charge is 2.44. The molecular formula is C42H70N6O8. The summed E-state index contributed by atoms with van der Waals surface area (Å²) < 4.78 is 12.1. The normalized spacial score (nSPS) is 20.4. The number of benzene rings is 1. The van der Waals surface area contributed by atoms with E-state index in [2.05, 4.69) is 29.8 Å². The third-order valence-electron chi connectivity index (χ3n) is 11.7. The maximum absolute atomic E-state index is 14.3. The van der Waals surface area contributed by atoms with E-state index >= 15 is 0 Å². The van der Waals surface area contributed by atoms with E-state index in [1.54, 1.807) is 33.1 Å². The molecule has 14 nitrogen and oxygen atoms in total. The van der Waals surface area contributed by atoms with Crippen molar-refractivity contribution in [2.24, 2.45) is 23.7 Å². The molecule has 0 radical (unpaired) electrons. The third kappa shape index (κ3) is 12.0. The minimum Gasteiger partial charge on any atom is -0.379 e. The van der Waals surface area contributed by atoms with Crippen LogP contribution in [-0.4, -0.2) is 135 Å². The van der Waals surface area contributed by atoms with E-state index in [0.29, 0.717) is 32.5 Å². The molecule has 9 atom stereocenters. The monoisotopic (exact) mass is 787 g/mol. The maximum Gasteiger partial charge on any atom is 0.269 e. The number of hydrogen-bond donors (Lipinski definition) is 3. The number of nitrogens with zero attached hydrogens (tertiary/aromatic N) is 3. The van der Waals surface area contributed by atoms with Gasteiger partial charge in [-0.15, -0.1) is 0 Å². The van der Waals surface area contributed by atoms with Crippen LogP contribution in [0.4, 0.5) is 0 Å². The van der Waals surface area contributed by atoms with Crippen molar-refractivity contribution in [1.82, 2.24) is 30.8 Å². The molecule has 0 unspecified atom stereocenters. The molecule has 2 fully saturated rings. The largest absolute Gasteiger partial charge is 0.379 e. The number of likely N-dealkylation sites (N-methyl/N-ethyl adjacent to an activating group) is 2. The summed E-state index contributed by atoms with van der Waals surface area (Å²) in [6, 6.07) is 6.80. The Balaban J connectivity index is 1.80. The van der Waals surface area contributed by atoms with Crippen molar-refractivity contribution < 1.29 is 38.3 Å². The number of nitrogens with one attached hydrogen (secondary N) is 3. The highest BCUT2D eigenvalue weighted by Crippen LogP contribution is 2.30. The van der Waals surface area contributed by atoms with E-state index in [0.717, 1.165) is 24.8 Å². The van der Waals surface area contributed by atoms with Crippen LogP contribution in [0.25, 0.3) is 0 Å². The Morgan fingerprint density at radius 2 is 1.59 bits per heavy atom. The third-order valence-corrected chi connectivity index (χ3v) is 11.7. The highest BCUT2D eigenvalue weighted by molar-refractivity contribution is 6.00. The van der Waals surface area contributed by atoms with Gasteiger partial charge in [-0.25, -0.2) is 5.06 Å². The topological polar surface area (TPSA) is 159 Å². The van der Waals surface area contributed by atoms with Crippen LogP contribution in [0.5, 0.6) is 0 Å². The fourth-order valence-corrected chi connectivity index (χ4v) is 8.52. The summed E-state index contributed by atoms with van der Waals surface area (Å²) in [6.45, 7) is 15.1. The zero-order valence-corrected chi connectivity index (χ0v) is 35.7. The number of carbonyl (C=O) groups excluding carboxylic acids is 5. The summed E-state index contributed by atoms with van der Waals surface area (Å²) in [5.74, 6) is -2.36. The molecule has 1 aromatic carbocycles. The zero-order chi connectivity index (χ0) is 41.7. The molecule has 3 rings (SSSR count). The van der Waals surface area contributed by atoms with Crippen molar-refractivity contribution in [3.05, 3.63) is 35.9 Å². The van der Waals surface area contributed by atoms with Crippen LogP contribution in [-0.2, 0) is 44.7 Å². The van der Waals surface area contributed by atoms with Crippen LogP contribution in [0.15, 0.2) is 30.3 Å². The molecule has 5 amide bonds. The fourth-order valence-electron chi connectivity index (χ4n) is 8.52. The van der Waals surface area contributed by atoms with Crippen molar-refractivity contribution in [3.63, 3.8) is 0 Å². The van der Waals surface area contributed by atoms with Gasteiger partial charge in [-0.05, 0) is 56.7 Å². The molecule has 316 valence electrons. The van der Waals surface area contributed by atoms with E-state index in [-0.39, 0.29) is 59.9 Å².